The topological polar surface area (TPSA) is 86.3 Å². The van der Waals surface area contributed by atoms with E-state index in [0.717, 1.165) is 64.9 Å². The number of hydrogen-bond donors (Lipinski definition) is 2. The molecule has 0 saturated heterocycles. The molecule has 0 radical (unpaired) electrons. The molecule has 184 valence electrons. The molecule has 0 bridgehead atoms. The number of carbonyl (C=O) groups excluding carboxylic acids is 1. The van der Waals surface area contributed by atoms with Crippen LogP contribution in [0, 0.1) is 0 Å². The van der Waals surface area contributed by atoms with E-state index in [2.05, 4.69) is 19.2 Å². The highest BCUT2D eigenvalue weighted by Gasteiger charge is 2.00. The van der Waals surface area contributed by atoms with Gasteiger partial charge in [0.15, 0.2) is 0 Å². The lowest BCUT2D eigenvalue weighted by atomic mass is 10.2. The lowest BCUT2D eigenvalue weighted by Gasteiger charge is -2.09. The highest BCUT2D eigenvalue weighted by molar-refractivity contribution is 5.75. The molecule has 7 nitrogen and oxygen atoms in total. The van der Waals surface area contributed by atoms with E-state index in [9.17, 15) is 4.79 Å². The number of aliphatic hydroxyl groups is 1. The number of carbonyl (C=O) groups is 1. The van der Waals surface area contributed by atoms with Gasteiger partial charge in [-0.05, 0) is 39.0 Å². The molecule has 0 aromatic heterocycles. The van der Waals surface area contributed by atoms with Crippen molar-refractivity contribution in [1.29, 1.82) is 0 Å². The van der Waals surface area contributed by atoms with Crippen LogP contribution >= 0.6 is 0 Å². The largest absolute Gasteiger partial charge is 0.394 e. The second kappa shape index (κ2) is 32.9. The first kappa shape index (κ1) is 33.9. The van der Waals surface area contributed by atoms with Crippen molar-refractivity contribution in [2.45, 2.75) is 85.7 Å². The minimum atomic E-state index is 0.0866. The standard InChI is InChI=1S/C13H27NO3.C8H18O3.C2H6/c1-3-10-17-12-7-9-14-13(15)8-5-4-6-11-16-2;1-3-8(2)11-7-6-10-5-4-9;1-2/h3-12H2,1-2H3,(H,14,15);8-9H,3-7H2,1-2H3;1-2H3. The van der Waals surface area contributed by atoms with E-state index in [1.807, 2.05) is 20.8 Å². The second-order valence-corrected chi connectivity index (χ2v) is 6.54. The Morgan fingerprint density at radius 1 is 0.900 bits per heavy atom. The highest BCUT2D eigenvalue weighted by atomic mass is 16.5. The zero-order valence-corrected chi connectivity index (χ0v) is 20.7. The number of aliphatic hydroxyl groups excluding tert-OH is 1. The highest BCUT2D eigenvalue weighted by Crippen LogP contribution is 1.99. The zero-order chi connectivity index (χ0) is 23.3. The number of nitrogens with one attached hydrogen (secondary N) is 1. The summed E-state index contributed by atoms with van der Waals surface area (Å²) in [5.74, 6) is 0.151. The number of hydrogen-bond acceptors (Lipinski definition) is 6. The van der Waals surface area contributed by atoms with Crippen molar-refractivity contribution in [2.24, 2.45) is 0 Å². The van der Waals surface area contributed by atoms with Gasteiger partial charge in [-0.2, -0.15) is 0 Å². The molecule has 0 rings (SSSR count). The Morgan fingerprint density at radius 2 is 1.60 bits per heavy atom. The van der Waals surface area contributed by atoms with E-state index < -0.39 is 0 Å². The second-order valence-electron chi connectivity index (χ2n) is 6.54. The van der Waals surface area contributed by atoms with Gasteiger partial charge in [-0.3, -0.25) is 4.79 Å². The van der Waals surface area contributed by atoms with Gasteiger partial charge in [-0.1, -0.05) is 34.1 Å². The normalized spacial score (nSPS) is 11.0. The van der Waals surface area contributed by atoms with Crippen molar-refractivity contribution < 1.29 is 28.8 Å². The van der Waals surface area contributed by atoms with Crippen LogP contribution in [0.2, 0.25) is 0 Å². The van der Waals surface area contributed by atoms with Crippen molar-refractivity contribution in [3.63, 3.8) is 0 Å². The Labute approximate surface area is 186 Å². The third-order valence-corrected chi connectivity index (χ3v) is 3.83. The van der Waals surface area contributed by atoms with Crippen LogP contribution < -0.4 is 5.32 Å². The summed E-state index contributed by atoms with van der Waals surface area (Å²) in [5, 5.41) is 11.3. The van der Waals surface area contributed by atoms with Gasteiger partial charge >= 0.3 is 0 Å². The summed E-state index contributed by atoms with van der Waals surface area (Å²) >= 11 is 0. The Balaban J connectivity index is -0.000000484. The van der Waals surface area contributed by atoms with Gasteiger partial charge in [0.2, 0.25) is 5.91 Å². The molecule has 0 saturated carbocycles. The molecular formula is C23H51NO6. The molecule has 1 amide bonds. The number of ether oxygens (including phenoxy) is 4. The van der Waals surface area contributed by atoms with Crippen LogP contribution in [0.5, 0.6) is 0 Å². The smallest absolute Gasteiger partial charge is 0.219 e. The van der Waals surface area contributed by atoms with E-state index in [0.29, 0.717) is 32.3 Å². The average Bonchev–Trinajstić information content (AvgIpc) is 2.77. The van der Waals surface area contributed by atoms with Crippen molar-refractivity contribution >= 4 is 5.91 Å². The fourth-order valence-electron chi connectivity index (χ4n) is 2.04. The summed E-state index contributed by atoms with van der Waals surface area (Å²) in [6, 6.07) is 0. The molecule has 0 spiro atoms. The maximum Gasteiger partial charge on any atom is 0.219 e. The first-order valence-electron chi connectivity index (χ1n) is 11.8. The van der Waals surface area contributed by atoms with Crippen LogP contribution in [0.4, 0.5) is 0 Å². The Morgan fingerprint density at radius 3 is 2.20 bits per heavy atom. The molecule has 0 aliphatic carbocycles. The zero-order valence-electron chi connectivity index (χ0n) is 20.7. The maximum atomic E-state index is 11.4. The minimum Gasteiger partial charge on any atom is -0.394 e. The fraction of sp³-hybridized carbons (Fsp3) is 0.957. The summed E-state index contributed by atoms with van der Waals surface area (Å²) < 4.78 is 20.6. The van der Waals surface area contributed by atoms with Crippen molar-refractivity contribution in [3.8, 4) is 0 Å². The van der Waals surface area contributed by atoms with E-state index in [1.54, 1.807) is 7.11 Å². The van der Waals surface area contributed by atoms with Gasteiger partial charge in [0, 0.05) is 39.9 Å². The molecule has 0 aliphatic heterocycles. The van der Waals surface area contributed by atoms with Gasteiger partial charge in [-0.15, -0.1) is 0 Å². The van der Waals surface area contributed by atoms with Crippen LogP contribution in [0.1, 0.15) is 79.6 Å². The molecule has 0 aromatic carbocycles. The van der Waals surface area contributed by atoms with Crippen LogP contribution in [0.3, 0.4) is 0 Å². The molecule has 2 N–H and O–H groups in total. The summed E-state index contributed by atoms with van der Waals surface area (Å²) in [4.78, 5) is 11.4. The van der Waals surface area contributed by atoms with E-state index in [1.165, 1.54) is 0 Å². The Bertz CT molecular complexity index is 305. The van der Waals surface area contributed by atoms with Gasteiger partial charge in [0.1, 0.15) is 0 Å². The molecule has 30 heavy (non-hydrogen) atoms. The van der Waals surface area contributed by atoms with Crippen LogP contribution in [-0.4, -0.2) is 77.0 Å². The summed E-state index contributed by atoms with van der Waals surface area (Å²) in [5.41, 5.74) is 0. The molecule has 0 aromatic rings. The molecule has 0 aliphatic rings. The quantitative estimate of drug-likeness (QED) is 0.298. The molecule has 0 heterocycles. The van der Waals surface area contributed by atoms with Gasteiger partial charge in [-0.25, -0.2) is 0 Å². The number of rotatable bonds is 19. The van der Waals surface area contributed by atoms with Crippen molar-refractivity contribution in [2.75, 3.05) is 59.9 Å². The minimum absolute atomic E-state index is 0.0866. The summed E-state index contributed by atoms with van der Waals surface area (Å²) in [6.07, 6.45) is 6.95. The Hall–Kier alpha value is -0.730. The van der Waals surface area contributed by atoms with Crippen LogP contribution in [-0.2, 0) is 23.7 Å². The lowest BCUT2D eigenvalue weighted by molar-refractivity contribution is -0.121. The van der Waals surface area contributed by atoms with Gasteiger partial charge in [0.25, 0.3) is 0 Å². The summed E-state index contributed by atoms with van der Waals surface area (Å²) in [7, 11) is 1.70. The van der Waals surface area contributed by atoms with E-state index in [4.69, 9.17) is 24.1 Å². The van der Waals surface area contributed by atoms with Gasteiger partial charge in [0.05, 0.1) is 32.5 Å². The van der Waals surface area contributed by atoms with Crippen LogP contribution in [0.25, 0.3) is 0 Å². The average molecular weight is 438 g/mol. The number of methoxy groups -OCH3 is 1. The third kappa shape index (κ3) is 34.8. The maximum absolute atomic E-state index is 11.4. The fourth-order valence-corrected chi connectivity index (χ4v) is 2.04. The molecule has 1 atom stereocenters. The monoisotopic (exact) mass is 437 g/mol. The predicted molar refractivity (Wildman–Crippen MR) is 124 cm³/mol. The van der Waals surface area contributed by atoms with Crippen molar-refractivity contribution in [3.05, 3.63) is 0 Å². The number of amides is 1. The Kier molecular flexibility index (Phi) is 37.2. The molecule has 7 heteroatoms. The third-order valence-electron chi connectivity index (χ3n) is 3.83. The first-order chi connectivity index (χ1) is 14.6. The summed E-state index contributed by atoms with van der Waals surface area (Å²) in [6.45, 7) is 15.0. The molecular weight excluding hydrogens is 386 g/mol. The van der Waals surface area contributed by atoms with Gasteiger partial charge < -0.3 is 29.4 Å². The molecule has 0 fully saturated rings. The first-order valence-corrected chi connectivity index (χ1v) is 11.8. The predicted octanol–water partition coefficient (Wildman–Crippen LogP) is 3.96. The van der Waals surface area contributed by atoms with Crippen molar-refractivity contribution in [1.82, 2.24) is 5.32 Å². The number of unbranched alkanes of at least 4 members (excludes halogenated alkanes) is 2. The van der Waals surface area contributed by atoms with Crippen LogP contribution in [0.15, 0.2) is 0 Å². The van der Waals surface area contributed by atoms with E-state index >= 15 is 0 Å². The molecule has 1 unspecified atom stereocenters. The van der Waals surface area contributed by atoms with E-state index in [-0.39, 0.29) is 12.5 Å². The SMILES string of the molecule is CC.CCC(C)OCCOCCO.CCCOCCCNC(=O)CCCCCOC. The lowest BCUT2D eigenvalue weighted by Crippen LogP contribution is -2.24.